The van der Waals surface area contributed by atoms with Gasteiger partial charge in [-0.3, -0.25) is 4.68 Å². The van der Waals surface area contributed by atoms with Gasteiger partial charge in [-0.2, -0.15) is 5.10 Å². The summed E-state index contributed by atoms with van der Waals surface area (Å²) in [5.74, 6) is 0.149. The van der Waals surface area contributed by atoms with Gasteiger partial charge in [0.1, 0.15) is 12.4 Å². The molecule has 2 aromatic heterocycles. The Kier molecular flexibility index (Phi) is 6.26. The molecule has 0 spiro atoms. The van der Waals surface area contributed by atoms with E-state index >= 15 is 0 Å². The maximum Gasteiger partial charge on any atom is 0.218 e. The fourth-order valence-corrected chi connectivity index (χ4v) is 3.43. The highest BCUT2D eigenvalue weighted by atomic mass is 35.5. The monoisotopic (exact) mass is 424 g/mol. The third-order valence-corrected chi connectivity index (χ3v) is 5.17. The SMILES string of the molecule is Cn1cc(CCNCc2cc3ccc(F)cc3nc2OCc2ccccc2Cl)cn1. The van der Waals surface area contributed by atoms with E-state index in [1.165, 1.54) is 17.7 Å². The molecule has 2 aromatic carbocycles. The molecule has 30 heavy (non-hydrogen) atoms. The van der Waals surface area contributed by atoms with Crippen molar-refractivity contribution in [3.63, 3.8) is 0 Å². The van der Waals surface area contributed by atoms with Gasteiger partial charge in [-0.1, -0.05) is 29.8 Å². The topological polar surface area (TPSA) is 52.0 Å². The molecule has 0 aliphatic carbocycles. The lowest BCUT2D eigenvalue weighted by Gasteiger charge is -2.13. The molecule has 2 heterocycles. The Morgan fingerprint density at radius 2 is 2.00 bits per heavy atom. The van der Waals surface area contributed by atoms with E-state index < -0.39 is 0 Å². The van der Waals surface area contributed by atoms with Crippen LogP contribution in [0.1, 0.15) is 16.7 Å². The zero-order chi connectivity index (χ0) is 20.9. The van der Waals surface area contributed by atoms with E-state index in [0.717, 1.165) is 29.5 Å². The third-order valence-electron chi connectivity index (χ3n) is 4.81. The van der Waals surface area contributed by atoms with Crippen LogP contribution in [-0.2, 0) is 26.6 Å². The number of nitrogens with zero attached hydrogens (tertiary/aromatic N) is 3. The molecule has 0 radical (unpaired) electrons. The standard InChI is InChI=1S/C23H22ClFN4O/c1-29-14-16(12-27-29)8-9-26-13-19-10-17-6-7-20(25)11-22(17)28-23(19)30-15-18-4-2-3-5-21(18)24/h2-7,10-12,14,26H,8-9,13,15H2,1H3. The number of halogens is 2. The zero-order valence-corrected chi connectivity index (χ0v) is 17.4. The number of pyridine rings is 1. The molecule has 0 aliphatic heterocycles. The molecule has 0 saturated heterocycles. The molecule has 154 valence electrons. The van der Waals surface area contributed by atoms with Crippen molar-refractivity contribution in [2.75, 3.05) is 6.54 Å². The average molecular weight is 425 g/mol. The van der Waals surface area contributed by atoms with E-state index in [9.17, 15) is 4.39 Å². The number of nitrogens with one attached hydrogen (secondary N) is 1. The van der Waals surface area contributed by atoms with Gasteiger partial charge in [0, 0.05) is 47.4 Å². The Labute approximate surface area is 179 Å². The van der Waals surface area contributed by atoms with Crippen LogP contribution >= 0.6 is 11.6 Å². The smallest absolute Gasteiger partial charge is 0.218 e. The van der Waals surface area contributed by atoms with Gasteiger partial charge in [0.15, 0.2) is 0 Å². The van der Waals surface area contributed by atoms with E-state index in [2.05, 4.69) is 15.4 Å². The Bertz CT molecular complexity index is 1160. The van der Waals surface area contributed by atoms with Gasteiger partial charge in [-0.25, -0.2) is 9.37 Å². The Balaban J connectivity index is 1.50. The van der Waals surface area contributed by atoms with Gasteiger partial charge in [0.05, 0.1) is 11.7 Å². The highest BCUT2D eigenvalue weighted by Gasteiger charge is 2.11. The number of rotatable bonds is 8. The zero-order valence-electron chi connectivity index (χ0n) is 16.6. The molecule has 0 bridgehead atoms. The summed E-state index contributed by atoms with van der Waals surface area (Å²) in [5, 5.41) is 9.12. The first kappa shape index (κ1) is 20.3. The van der Waals surface area contributed by atoms with Crippen LogP contribution in [0.25, 0.3) is 10.9 Å². The number of hydrogen-bond acceptors (Lipinski definition) is 4. The molecule has 0 unspecified atom stereocenters. The van der Waals surface area contributed by atoms with Gasteiger partial charge >= 0.3 is 0 Å². The van der Waals surface area contributed by atoms with Crippen LogP contribution in [-0.4, -0.2) is 21.3 Å². The highest BCUT2D eigenvalue weighted by molar-refractivity contribution is 6.31. The lowest BCUT2D eigenvalue weighted by Crippen LogP contribution is -2.17. The maximum atomic E-state index is 13.7. The average Bonchev–Trinajstić information content (AvgIpc) is 3.15. The summed E-state index contributed by atoms with van der Waals surface area (Å²) >= 11 is 6.24. The molecular formula is C23H22ClFN4O. The van der Waals surface area contributed by atoms with Crippen LogP contribution in [0.15, 0.2) is 60.9 Å². The first-order chi connectivity index (χ1) is 14.6. The minimum atomic E-state index is -0.325. The Morgan fingerprint density at radius 1 is 1.13 bits per heavy atom. The second-order valence-electron chi connectivity index (χ2n) is 7.12. The highest BCUT2D eigenvalue weighted by Crippen LogP contribution is 2.25. The van der Waals surface area contributed by atoms with Crippen molar-refractivity contribution < 1.29 is 9.13 Å². The van der Waals surface area contributed by atoms with Crippen molar-refractivity contribution in [2.45, 2.75) is 19.6 Å². The summed E-state index contributed by atoms with van der Waals surface area (Å²) < 4.78 is 21.5. The molecular weight excluding hydrogens is 403 g/mol. The van der Waals surface area contributed by atoms with Gasteiger partial charge in [0.25, 0.3) is 0 Å². The maximum absolute atomic E-state index is 13.7. The molecule has 0 saturated carbocycles. The fraction of sp³-hybridized carbons (Fsp3) is 0.217. The summed E-state index contributed by atoms with van der Waals surface area (Å²) in [4.78, 5) is 4.56. The van der Waals surface area contributed by atoms with Crippen LogP contribution in [0, 0.1) is 5.82 Å². The van der Waals surface area contributed by atoms with E-state index in [1.807, 2.05) is 49.8 Å². The van der Waals surface area contributed by atoms with Crippen molar-refractivity contribution in [3.8, 4) is 5.88 Å². The van der Waals surface area contributed by atoms with Crippen molar-refractivity contribution >= 4 is 22.5 Å². The lowest BCUT2D eigenvalue weighted by molar-refractivity contribution is 0.291. The van der Waals surface area contributed by atoms with E-state index in [1.54, 1.807) is 10.7 Å². The molecule has 4 aromatic rings. The molecule has 4 rings (SSSR count). The van der Waals surface area contributed by atoms with E-state index in [-0.39, 0.29) is 12.4 Å². The van der Waals surface area contributed by atoms with Crippen molar-refractivity contribution in [3.05, 3.63) is 88.5 Å². The Hall–Kier alpha value is -2.96. The molecule has 0 fully saturated rings. The second-order valence-corrected chi connectivity index (χ2v) is 7.53. The van der Waals surface area contributed by atoms with Crippen LogP contribution in [0.4, 0.5) is 4.39 Å². The predicted molar refractivity (Wildman–Crippen MR) is 116 cm³/mol. The second kappa shape index (κ2) is 9.24. The normalized spacial score (nSPS) is 11.2. The lowest BCUT2D eigenvalue weighted by atomic mass is 10.1. The van der Waals surface area contributed by atoms with Crippen molar-refractivity contribution in [1.82, 2.24) is 20.1 Å². The van der Waals surface area contributed by atoms with Crippen LogP contribution in [0.3, 0.4) is 0 Å². The van der Waals surface area contributed by atoms with Gasteiger partial charge < -0.3 is 10.1 Å². The van der Waals surface area contributed by atoms with Crippen LogP contribution < -0.4 is 10.1 Å². The van der Waals surface area contributed by atoms with Gasteiger partial charge in [-0.05, 0) is 42.8 Å². The Morgan fingerprint density at radius 3 is 2.80 bits per heavy atom. The number of fused-ring (bicyclic) bond motifs is 1. The minimum absolute atomic E-state index is 0.288. The summed E-state index contributed by atoms with van der Waals surface area (Å²) in [7, 11) is 1.91. The first-order valence-electron chi connectivity index (χ1n) is 9.72. The van der Waals surface area contributed by atoms with Crippen LogP contribution in [0.5, 0.6) is 5.88 Å². The van der Waals surface area contributed by atoms with E-state index in [0.29, 0.717) is 23.0 Å². The number of hydrogen-bond donors (Lipinski definition) is 1. The molecule has 5 nitrogen and oxygen atoms in total. The molecule has 0 amide bonds. The van der Waals surface area contributed by atoms with E-state index in [4.69, 9.17) is 16.3 Å². The fourth-order valence-electron chi connectivity index (χ4n) is 3.24. The van der Waals surface area contributed by atoms with Gasteiger partial charge in [-0.15, -0.1) is 0 Å². The molecule has 1 N–H and O–H groups in total. The molecule has 0 atom stereocenters. The quantitative estimate of drug-likeness (QED) is 0.417. The number of benzene rings is 2. The summed E-state index contributed by atoms with van der Waals surface area (Å²) in [6, 6.07) is 14.1. The van der Waals surface area contributed by atoms with Crippen molar-refractivity contribution in [2.24, 2.45) is 7.05 Å². The number of aryl methyl sites for hydroxylation is 1. The minimum Gasteiger partial charge on any atom is -0.472 e. The summed E-state index contributed by atoms with van der Waals surface area (Å²) in [6.45, 7) is 1.66. The van der Waals surface area contributed by atoms with Crippen LogP contribution in [0.2, 0.25) is 5.02 Å². The van der Waals surface area contributed by atoms with Gasteiger partial charge in [0.2, 0.25) is 5.88 Å². The summed E-state index contributed by atoms with van der Waals surface area (Å²) in [6.07, 6.45) is 4.74. The van der Waals surface area contributed by atoms with Crippen molar-refractivity contribution in [1.29, 1.82) is 0 Å². The number of aromatic nitrogens is 3. The summed E-state index contributed by atoms with van der Waals surface area (Å²) in [5.41, 5.74) is 3.51. The molecule has 7 heteroatoms. The predicted octanol–water partition coefficient (Wildman–Crippen LogP) is 4.67. The number of ether oxygens (including phenoxy) is 1. The first-order valence-corrected chi connectivity index (χ1v) is 10.1. The largest absolute Gasteiger partial charge is 0.472 e. The third kappa shape index (κ3) is 4.96. The molecule has 0 aliphatic rings.